The summed E-state index contributed by atoms with van der Waals surface area (Å²) in [6.07, 6.45) is 41.0. The van der Waals surface area contributed by atoms with E-state index in [2.05, 4.69) is 77.0 Å². The second-order valence-corrected chi connectivity index (χ2v) is 37.2. The summed E-state index contributed by atoms with van der Waals surface area (Å²) >= 11 is 11.2. The molecule has 1 heterocycles. The van der Waals surface area contributed by atoms with E-state index >= 15 is 0 Å². The van der Waals surface area contributed by atoms with Crippen LogP contribution >= 0.6 is 70.6 Å². The summed E-state index contributed by atoms with van der Waals surface area (Å²) in [7, 11) is 0. The number of thioether (sulfide) groups is 6. The van der Waals surface area contributed by atoms with Crippen molar-refractivity contribution in [1.29, 1.82) is 0 Å². The van der Waals surface area contributed by atoms with Crippen molar-refractivity contribution in [2.45, 2.75) is 286 Å². The van der Waals surface area contributed by atoms with E-state index in [1.807, 2.05) is 70.6 Å². The molecule has 534 valence electrons. The third-order valence-electron chi connectivity index (χ3n) is 16.4. The maximum absolute atomic E-state index is 13.1. The normalized spacial score (nSPS) is 13.7. The molecule has 0 aromatic rings. The van der Waals surface area contributed by atoms with Gasteiger partial charge < -0.3 is 38.2 Å². The van der Waals surface area contributed by atoms with E-state index < -0.39 is 0 Å². The van der Waals surface area contributed by atoms with Gasteiger partial charge in [0.05, 0.1) is 51.3 Å². The molecule has 0 radical (unpaired) electrons. The fourth-order valence-corrected chi connectivity index (χ4v) is 17.2. The highest BCUT2D eigenvalue weighted by molar-refractivity contribution is 8.19. The SMILES string of the molecule is CCCCCCCCCCCCOCCSC(C)(C)SCCOC(=O)CCN(CCC(=O)OCCSC(C)(C)SCCOCCCCCCCCCCCC)CCN1CCN(CCC(=O)OCCSC(C)(C)SCCOCCCCCCCCCCCC)CC1. The van der Waals surface area contributed by atoms with Gasteiger partial charge in [-0.15, -0.1) is 70.6 Å². The number of unbranched alkanes of at least 4 members (excludes halogenated alkanes) is 27. The number of hydrogen-bond acceptors (Lipinski definition) is 18. The molecule has 0 saturated carbocycles. The molecule has 12 nitrogen and oxygen atoms in total. The average molecular weight is 1390 g/mol. The lowest BCUT2D eigenvalue weighted by Gasteiger charge is -2.35. The first-order valence-corrected chi connectivity index (χ1v) is 42.7. The number of piperazine rings is 1. The van der Waals surface area contributed by atoms with Gasteiger partial charge >= 0.3 is 17.9 Å². The topological polar surface area (TPSA) is 116 Å². The summed E-state index contributed by atoms with van der Waals surface area (Å²) in [6.45, 7) is 33.3. The van der Waals surface area contributed by atoms with Crippen LogP contribution in [0.4, 0.5) is 0 Å². The molecular weight excluding hydrogens is 1240 g/mol. The lowest BCUT2D eigenvalue weighted by Crippen LogP contribution is -2.49. The molecule has 1 rings (SSSR count). The summed E-state index contributed by atoms with van der Waals surface area (Å²) in [5, 5.41) is 0. The molecule has 1 aliphatic rings. The molecule has 18 heteroatoms. The minimum atomic E-state index is -0.202. The van der Waals surface area contributed by atoms with E-state index in [9.17, 15) is 14.4 Å². The Balaban J connectivity index is 2.44. The largest absolute Gasteiger partial charge is 0.465 e. The van der Waals surface area contributed by atoms with Crippen molar-refractivity contribution >= 4 is 88.5 Å². The lowest BCUT2D eigenvalue weighted by molar-refractivity contribution is -0.144. The second kappa shape index (κ2) is 62.8. The van der Waals surface area contributed by atoms with E-state index in [1.165, 1.54) is 173 Å². The van der Waals surface area contributed by atoms with Crippen LogP contribution in [0.3, 0.4) is 0 Å². The van der Waals surface area contributed by atoms with Gasteiger partial charge in [-0.1, -0.05) is 194 Å². The molecule has 0 amide bonds. The highest BCUT2D eigenvalue weighted by Crippen LogP contribution is 2.38. The Morgan fingerprint density at radius 2 is 0.556 bits per heavy atom. The van der Waals surface area contributed by atoms with Crippen LogP contribution in [0, 0.1) is 0 Å². The number of ether oxygens (including phenoxy) is 6. The lowest BCUT2D eigenvalue weighted by atomic mass is 10.1. The molecule has 0 N–H and O–H groups in total. The molecule has 0 atom stereocenters. The van der Waals surface area contributed by atoms with Crippen LogP contribution in [0.2, 0.25) is 0 Å². The molecule has 1 fully saturated rings. The van der Waals surface area contributed by atoms with Crippen molar-refractivity contribution in [1.82, 2.24) is 14.7 Å². The van der Waals surface area contributed by atoms with Crippen molar-refractivity contribution in [3.05, 3.63) is 0 Å². The number of rotatable bonds is 69. The molecule has 0 bridgehead atoms. The van der Waals surface area contributed by atoms with Gasteiger partial charge in [-0.2, -0.15) is 0 Å². The van der Waals surface area contributed by atoms with E-state index in [-0.39, 0.29) is 43.0 Å². The minimum absolute atomic E-state index is 0.00276. The summed E-state index contributed by atoms with van der Waals surface area (Å²) in [4.78, 5) is 46.0. The Morgan fingerprint density at radius 1 is 0.311 bits per heavy atom. The molecule has 1 aliphatic heterocycles. The van der Waals surface area contributed by atoms with E-state index in [4.69, 9.17) is 28.4 Å². The van der Waals surface area contributed by atoms with Crippen LogP contribution in [0.5, 0.6) is 0 Å². The van der Waals surface area contributed by atoms with Gasteiger partial charge in [0.2, 0.25) is 0 Å². The summed E-state index contributed by atoms with van der Waals surface area (Å²) < 4.78 is 35.1. The summed E-state index contributed by atoms with van der Waals surface area (Å²) in [5.74, 6) is 4.61. The highest BCUT2D eigenvalue weighted by atomic mass is 32.2. The Bertz CT molecular complexity index is 1550. The molecule has 1 saturated heterocycles. The Hall–Kier alpha value is 0.270. The van der Waals surface area contributed by atoms with Crippen molar-refractivity contribution in [2.75, 3.05) is 153 Å². The molecule has 0 spiro atoms. The first kappa shape index (κ1) is 88.3. The number of nitrogens with zero attached hydrogens (tertiary/aromatic N) is 3. The smallest absolute Gasteiger partial charge is 0.307 e. The highest BCUT2D eigenvalue weighted by Gasteiger charge is 2.24. The van der Waals surface area contributed by atoms with E-state index in [0.717, 1.165) is 133 Å². The van der Waals surface area contributed by atoms with Gasteiger partial charge in [0.25, 0.3) is 0 Å². The Morgan fingerprint density at radius 3 is 0.844 bits per heavy atom. The fraction of sp³-hybridized carbons (Fsp3) is 0.958. The maximum atomic E-state index is 13.1. The first-order valence-electron chi connectivity index (χ1n) is 36.8. The number of carbonyl (C=O) groups excluding carboxylic acids is 3. The third kappa shape index (κ3) is 60.7. The van der Waals surface area contributed by atoms with Crippen LogP contribution in [0.15, 0.2) is 0 Å². The van der Waals surface area contributed by atoms with E-state index in [0.29, 0.717) is 45.9 Å². The minimum Gasteiger partial charge on any atom is -0.465 e. The standard InChI is InChI=1S/C72H141N3O9S6/c1-10-13-16-19-22-25-28-31-34-37-52-79-55-61-85-70(4,5)88-64-58-82-67(76)40-43-73(44-41-68(77)83-59-65-89-71(6,7)86-62-56-80-53-38-35-32-29-26-23-20-17-14-11-2)46-49-75-50-47-74(48-51-75)45-42-69(78)84-60-66-90-72(8,9)87-63-57-81-54-39-36-33-30-27-24-21-18-15-12-3/h10-66H2,1-9H3. The Kier molecular flexibility index (Phi) is 61.6. The third-order valence-corrected chi connectivity index (χ3v) is 25.0. The zero-order valence-corrected chi connectivity index (χ0v) is 64.7. The van der Waals surface area contributed by atoms with Crippen molar-refractivity contribution in [3.8, 4) is 0 Å². The average Bonchev–Trinajstić information content (AvgIpc) is 3.62. The van der Waals surface area contributed by atoms with Crippen LogP contribution in [-0.2, 0) is 42.8 Å². The van der Waals surface area contributed by atoms with Crippen LogP contribution in [0.25, 0.3) is 0 Å². The molecule has 0 unspecified atom stereocenters. The van der Waals surface area contributed by atoms with Gasteiger partial charge in [0.1, 0.15) is 19.8 Å². The maximum Gasteiger partial charge on any atom is 0.307 e. The molecule has 0 aliphatic carbocycles. The quantitative estimate of drug-likeness (QED) is 0.0249. The van der Waals surface area contributed by atoms with E-state index in [1.54, 1.807) is 0 Å². The van der Waals surface area contributed by atoms with Crippen LogP contribution in [-0.4, -0.2) is 198 Å². The van der Waals surface area contributed by atoms with Gasteiger partial charge in [-0.25, -0.2) is 0 Å². The predicted molar refractivity (Wildman–Crippen MR) is 401 cm³/mol. The van der Waals surface area contributed by atoms with Crippen LogP contribution in [0.1, 0.15) is 274 Å². The summed E-state index contributed by atoms with van der Waals surface area (Å²) in [5.41, 5.74) is 0. The van der Waals surface area contributed by atoms with Crippen molar-refractivity contribution < 1.29 is 42.8 Å². The van der Waals surface area contributed by atoms with Gasteiger partial charge in [-0.3, -0.25) is 19.3 Å². The van der Waals surface area contributed by atoms with Gasteiger partial charge in [-0.05, 0) is 60.8 Å². The molecule has 0 aromatic heterocycles. The monoisotopic (exact) mass is 1380 g/mol. The van der Waals surface area contributed by atoms with Gasteiger partial charge in [0.15, 0.2) is 0 Å². The zero-order chi connectivity index (χ0) is 65.8. The van der Waals surface area contributed by atoms with Crippen molar-refractivity contribution in [3.63, 3.8) is 0 Å². The van der Waals surface area contributed by atoms with Crippen LogP contribution < -0.4 is 0 Å². The Labute approximate surface area is 581 Å². The fourth-order valence-electron chi connectivity index (χ4n) is 10.7. The molecule has 90 heavy (non-hydrogen) atoms. The molecular formula is C72H141N3O9S6. The summed E-state index contributed by atoms with van der Waals surface area (Å²) in [6, 6.07) is 0. The number of hydrogen-bond donors (Lipinski definition) is 0. The number of carbonyl (C=O) groups is 3. The first-order chi connectivity index (χ1) is 43.6. The van der Waals surface area contributed by atoms with Crippen molar-refractivity contribution in [2.24, 2.45) is 0 Å². The van der Waals surface area contributed by atoms with Gasteiger partial charge in [0, 0.05) is 113 Å². The number of esters is 3. The predicted octanol–water partition coefficient (Wildman–Crippen LogP) is 19.1. The second-order valence-electron chi connectivity index (χ2n) is 26.1. The molecule has 0 aromatic carbocycles. The zero-order valence-electron chi connectivity index (χ0n) is 59.8.